The minimum Gasteiger partial charge on any atom is -0.439 e. The van der Waals surface area contributed by atoms with E-state index < -0.39 is 35.2 Å². The molecule has 0 aliphatic carbocycles. The van der Waals surface area contributed by atoms with Crippen LogP contribution in [0.15, 0.2) is 53.2 Å². The van der Waals surface area contributed by atoms with E-state index in [0.717, 1.165) is 12.4 Å². The van der Waals surface area contributed by atoms with Crippen LogP contribution in [0.25, 0.3) is 22.2 Å². The number of hydrogen-bond donors (Lipinski definition) is 1. The van der Waals surface area contributed by atoms with E-state index in [1.54, 1.807) is 31.2 Å². The second-order valence-corrected chi connectivity index (χ2v) is 9.18. The molecule has 0 spiro atoms. The van der Waals surface area contributed by atoms with Gasteiger partial charge in [0.15, 0.2) is 5.58 Å². The third kappa shape index (κ3) is 5.16. The molecule has 10 heteroatoms. The van der Waals surface area contributed by atoms with E-state index in [-0.39, 0.29) is 5.56 Å². The molecule has 35 heavy (non-hydrogen) atoms. The number of oxazole rings is 1. The maximum Gasteiger partial charge on any atom is 0.451 e. The predicted molar refractivity (Wildman–Crippen MR) is 121 cm³/mol. The van der Waals surface area contributed by atoms with Gasteiger partial charge in [-0.3, -0.25) is 4.79 Å². The molecule has 0 radical (unpaired) electrons. The quantitative estimate of drug-likeness (QED) is 0.346. The highest BCUT2D eigenvalue weighted by Gasteiger charge is 2.34. The van der Waals surface area contributed by atoms with Crippen LogP contribution in [0.3, 0.4) is 0 Å². The van der Waals surface area contributed by atoms with E-state index >= 15 is 0 Å². The lowest BCUT2D eigenvalue weighted by atomic mass is 9.97. The SMILES string of the molecule is C[C@@H](NC(=O)c1cc(-c2ccc(F)cc2)c2oc(C(C)(C)C)nc2c1)c1cnc(C(F)(F)F)nc1. The average molecular weight is 486 g/mol. The molecule has 4 aromatic rings. The lowest BCUT2D eigenvalue weighted by molar-refractivity contribution is -0.145. The molecule has 0 aliphatic rings. The number of carbonyl (C=O) groups excluding carboxylic acids is 1. The first kappa shape index (κ1) is 24.3. The second-order valence-electron chi connectivity index (χ2n) is 9.18. The van der Waals surface area contributed by atoms with Crippen molar-refractivity contribution in [3.63, 3.8) is 0 Å². The molecule has 1 N–H and O–H groups in total. The van der Waals surface area contributed by atoms with Crippen molar-refractivity contribution >= 4 is 17.0 Å². The molecule has 2 aromatic heterocycles. The summed E-state index contributed by atoms with van der Waals surface area (Å²) in [6, 6.07) is 8.28. The minimum atomic E-state index is -4.65. The van der Waals surface area contributed by atoms with Crippen molar-refractivity contribution in [1.29, 1.82) is 0 Å². The van der Waals surface area contributed by atoms with Crippen molar-refractivity contribution in [3.05, 3.63) is 77.5 Å². The summed E-state index contributed by atoms with van der Waals surface area (Å²) >= 11 is 0. The van der Waals surface area contributed by atoms with E-state index in [1.807, 2.05) is 20.8 Å². The number of benzene rings is 2. The summed E-state index contributed by atoms with van der Waals surface area (Å²) in [6.07, 6.45) is -2.59. The van der Waals surface area contributed by atoms with E-state index in [1.165, 1.54) is 12.1 Å². The van der Waals surface area contributed by atoms with Crippen LogP contribution in [-0.4, -0.2) is 20.9 Å². The Hall–Kier alpha value is -3.82. The number of amides is 1. The molecule has 0 fully saturated rings. The van der Waals surface area contributed by atoms with E-state index in [4.69, 9.17) is 4.42 Å². The fourth-order valence-electron chi connectivity index (χ4n) is 3.40. The maximum absolute atomic E-state index is 13.5. The van der Waals surface area contributed by atoms with Gasteiger partial charge < -0.3 is 9.73 Å². The molecular formula is C25H22F4N4O2. The van der Waals surface area contributed by atoms with Gasteiger partial charge in [-0.1, -0.05) is 32.9 Å². The molecule has 0 unspecified atom stereocenters. The molecule has 2 heterocycles. The Bertz CT molecular complexity index is 1370. The number of nitrogens with one attached hydrogen (secondary N) is 1. The van der Waals surface area contributed by atoms with Crippen LogP contribution in [0, 0.1) is 5.82 Å². The zero-order valence-electron chi connectivity index (χ0n) is 19.4. The summed E-state index contributed by atoms with van der Waals surface area (Å²) in [6.45, 7) is 7.43. The summed E-state index contributed by atoms with van der Waals surface area (Å²) in [4.78, 5) is 24.3. The zero-order valence-corrected chi connectivity index (χ0v) is 19.4. The normalized spacial score (nSPS) is 13.1. The monoisotopic (exact) mass is 486 g/mol. The predicted octanol–water partition coefficient (Wildman–Crippen LogP) is 6.23. The maximum atomic E-state index is 13.5. The van der Waals surface area contributed by atoms with Gasteiger partial charge in [-0.15, -0.1) is 0 Å². The van der Waals surface area contributed by atoms with Crippen molar-refractivity contribution in [1.82, 2.24) is 20.3 Å². The van der Waals surface area contributed by atoms with E-state index in [2.05, 4.69) is 20.3 Å². The number of alkyl halides is 3. The van der Waals surface area contributed by atoms with Crippen LogP contribution in [0.4, 0.5) is 17.6 Å². The third-order valence-corrected chi connectivity index (χ3v) is 5.32. The number of hydrogen-bond acceptors (Lipinski definition) is 5. The number of fused-ring (bicyclic) bond motifs is 1. The van der Waals surface area contributed by atoms with Crippen molar-refractivity contribution in [2.45, 2.75) is 45.3 Å². The van der Waals surface area contributed by atoms with Crippen molar-refractivity contribution in [3.8, 4) is 11.1 Å². The van der Waals surface area contributed by atoms with E-state index in [9.17, 15) is 22.4 Å². The summed E-state index contributed by atoms with van der Waals surface area (Å²) < 4.78 is 57.7. The number of halogens is 4. The van der Waals surface area contributed by atoms with Crippen LogP contribution in [0.2, 0.25) is 0 Å². The van der Waals surface area contributed by atoms with Gasteiger partial charge in [0, 0.05) is 34.5 Å². The zero-order chi connectivity index (χ0) is 25.5. The largest absolute Gasteiger partial charge is 0.451 e. The fraction of sp³-hybridized carbons (Fsp3) is 0.280. The van der Waals surface area contributed by atoms with Gasteiger partial charge in [0.2, 0.25) is 11.7 Å². The third-order valence-electron chi connectivity index (χ3n) is 5.32. The highest BCUT2D eigenvalue weighted by Crippen LogP contribution is 2.34. The summed E-state index contributed by atoms with van der Waals surface area (Å²) in [7, 11) is 0. The Morgan fingerprint density at radius 3 is 2.23 bits per heavy atom. The number of nitrogens with zero attached hydrogens (tertiary/aromatic N) is 3. The molecule has 0 bridgehead atoms. The van der Waals surface area contributed by atoms with Crippen LogP contribution < -0.4 is 5.32 Å². The van der Waals surface area contributed by atoms with Gasteiger partial charge in [0.1, 0.15) is 11.3 Å². The molecule has 1 amide bonds. The summed E-state index contributed by atoms with van der Waals surface area (Å²) in [5.41, 5.74) is 2.27. The first-order valence-electron chi connectivity index (χ1n) is 10.7. The standard InChI is InChI=1S/C25H22F4N4O2/c1-13(16-11-30-22(31-12-16)25(27,28)29)32-21(34)15-9-18(14-5-7-17(26)8-6-14)20-19(10-15)33-23(35-20)24(2,3)4/h5-13H,1-4H3,(H,32,34)/t13-/m1/s1. The average Bonchev–Trinajstić information content (AvgIpc) is 3.23. The van der Waals surface area contributed by atoms with Crippen molar-refractivity contribution in [2.24, 2.45) is 0 Å². The van der Waals surface area contributed by atoms with Gasteiger partial charge in [-0.05, 0) is 36.8 Å². The van der Waals surface area contributed by atoms with Gasteiger partial charge >= 0.3 is 6.18 Å². The van der Waals surface area contributed by atoms with E-state index in [0.29, 0.717) is 33.7 Å². The Morgan fingerprint density at radius 2 is 1.66 bits per heavy atom. The van der Waals surface area contributed by atoms with Crippen molar-refractivity contribution < 1.29 is 26.8 Å². The molecule has 1 atom stereocenters. The minimum absolute atomic E-state index is 0.255. The van der Waals surface area contributed by atoms with Crippen LogP contribution in [0.5, 0.6) is 0 Å². The van der Waals surface area contributed by atoms with Gasteiger partial charge in [0.05, 0.1) is 6.04 Å². The van der Waals surface area contributed by atoms with Crippen LogP contribution in [0.1, 0.15) is 61.4 Å². The van der Waals surface area contributed by atoms with Crippen LogP contribution in [-0.2, 0) is 11.6 Å². The topological polar surface area (TPSA) is 80.9 Å². The number of carbonyl (C=O) groups is 1. The molecule has 4 rings (SSSR count). The Kier molecular flexibility index (Phi) is 6.08. The molecule has 2 aromatic carbocycles. The van der Waals surface area contributed by atoms with Crippen molar-refractivity contribution in [2.75, 3.05) is 0 Å². The first-order chi connectivity index (χ1) is 16.3. The first-order valence-corrected chi connectivity index (χ1v) is 10.7. The van der Waals surface area contributed by atoms with Crippen LogP contribution >= 0.6 is 0 Å². The van der Waals surface area contributed by atoms with Gasteiger partial charge in [0.25, 0.3) is 5.91 Å². The molecule has 0 aliphatic heterocycles. The lowest BCUT2D eigenvalue weighted by Gasteiger charge is -2.15. The molecule has 6 nitrogen and oxygen atoms in total. The van der Waals surface area contributed by atoms with Gasteiger partial charge in [-0.2, -0.15) is 13.2 Å². The lowest BCUT2D eigenvalue weighted by Crippen LogP contribution is -2.27. The Balaban J connectivity index is 1.70. The number of aromatic nitrogens is 3. The molecule has 0 saturated carbocycles. The summed E-state index contributed by atoms with van der Waals surface area (Å²) in [5.74, 6) is -1.67. The smallest absolute Gasteiger partial charge is 0.439 e. The second kappa shape index (κ2) is 8.75. The number of rotatable bonds is 4. The van der Waals surface area contributed by atoms with Gasteiger partial charge in [-0.25, -0.2) is 19.3 Å². The fourth-order valence-corrected chi connectivity index (χ4v) is 3.40. The summed E-state index contributed by atoms with van der Waals surface area (Å²) in [5, 5.41) is 2.74. The highest BCUT2D eigenvalue weighted by atomic mass is 19.4. The molecular weight excluding hydrogens is 464 g/mol. The Labute approximate surface area is 198 Å². The Morgan fingerprint density at radius 1 is 1.03 bits per heavy atom. The highest BCUT2D eigenvalue weighted by molar-refractivity contribution is 6.02. The molecule has 182 valence electrons. The molecule has 0 saturated heterocycles.